The minimum absolute atomic E-state index is 0.0890. The van der Waals surface area contributed by atoms with Crippen molar-refractivity contribution in [3.05, 3.63) is 34.6 Å². The van der Waals surface area contributed by atoms with Crippen LogP contribution in [-0.4, -0.2) is 42.4 Å². The van der Waals surface area contributed by atoms with Gasteiger partial charge in [-0.05, 0) is 50.5 Å². The maximum absolute atomic E-state index is 9.93. The number of aromatic amines is 1. The first kappa shape index (κ1) is 17.1. The van der Waals surface area contributed by atoms with Gasteiger partial charge in [0, 0.05) is 35.5 Å². The lowest BCUT2D eigenvalue weighted by Crippen LogP contribution is -2.24. The van der Waals surface area contributed by atoms with E-state index >= 15 is 0 Å². The summed E-state index contributed by atoms with van der Waals surface area (Å²) in [6, 6.07) is 3.80. The van der Waals surface area contributed by atoms with E-state index in [4.69, 9.17) is 9.98 Å². The zero-order valence-corrected chi connectivity index (χ0v) is 15.8. The predicted molar refractivity (Wildman–Crippen MR) is 105 cm³/mol. The number of aromatic nitrogens is 4. The van der Waals surface area contributed by atoms with Crippen molar-refractivity contribution in [2.45, 2.75) is 38.6 Å². The van der Waals surface area contributed by atoms with E-state index < -0.39 is 0 Å². The first-order valence-electron chi connectivity index (χ1n) is 9.85. The molecule has 3 aromatic rings. The van der Waals surface area contributed by atoms with Crippen molar-refractivity contribution >= 4 is 17.5 Å². The molecule has 2 aliphatic rings. The lowest BCUT2D eigenvalue weighted by atomic mass is 10.2. The summed E-state index contributed by atoms with van der Waals surface area (Å²) in [5.41, 5.74) is 1.93. The average molecular weight is 380 g/mol. The van der Waals surface area contributed by atoms with Gasteiger partial charge in [-0.15, -0.1) is 0 Å². The van der Waals surface area contributed by atoms with Gasteiger partial charge in [-0.1, -0.05) is 0 Å². The summed E-state index contributed by atoms with van der Waals surface area (Å²) < 4.78 is 1.74. The van der Waals surface area contributed by atoms with E-state index in [1.54, 1.807) is 16.8 Å². The number of hydrogen-bond acceptors (Lipinski definition) is 6. The molecule has 2 fully saturated rings. The highest BCUT2D eigenvalue weighted by Gasteiger charge is 2.28. The van der Waals surface area contributed by atoms with E-state index in [0.29, 0.717) is 29.1 Å². The summed E-state index contributed by atoms with van der Waals surface area (Å²) in [5.74, 6) is 2.01. The fourth-order valence-corrected chi connectivity index (χ4v) is 3.45. The standard InChI is InChI=1S/C20H24N6O2/c1-11(13-4-5-13)23-16-8-17(21-9-12-2-3-12)26-19(24-16)15(10-22-26)6-14-7-18(27)25-20(14)28/h6-8,10-13,23,25,27-28H,2-5,9H2,1H3. The van der Waals surface area contributed by atoms with Crippen molar-refractivity contribution in [2.24, 2.45) is 16.8 Å². The minimum Gasteiger partial charge on any atom is -0.494 e. The predicted octanol–water partition coefficient (Wildman–Crippen LogP) is 1.54. The molecule has 0 saturated heterocycles. The van der Waals surface area contributed by atoms with E-state index in [0.717, 1.165) is 23.1 Å². The van der Waals surface area contributed by atoms with Crippen molar-refractivity contribution in [2.75, 3.05) is 11.9 Å². The van der Waals surface area contributed by atoms with Crippen molar-refractivity contribution in [1.82, 2.24) is 19.6 Å². The van der Waals surface area contributed by atoms with E-state index in [-0.39, 0.29) is 11.8 Å². The zero-order valence-electron chi connectivity index (χ0n) is 15.8. The highest BCUT2D eigenvalue weighted by molar-refractivity contribution is 5.62. The first-order chi connectivity index (χ1) is 13.6. The number of rotatable bonds is 6. The van der Waals surface area contributed by atoms with Crippen LogP contribution >= 0.6 is 0 Å². The number of fused-ring (bicyclic) bond motifs is 1. The van der Waals surface area contributed by atoms with E-state index in [1.165, 1.54) is 31.7 Å². The molecule has 0 bridgehead atoms. The Hall–Kier alpha value is -3.03. The molecule has 4 N–H and O–H groups in total. The third-order valence-corrected chi connectivity index (χ3v) is 5.52. The van der Waals surface area contributed by atoms with Crippen LogP contribution < -0.4 is 16.0 Å². The summed E-state index contributed by atoms with van der Waals surface area (Å²) in [6.45, 7) is 3.00. The molecular weight excluding hydrogens is 356 g/mol. The second-order valence-electron chi connectivity index (χ2n) is 7.99. The Balaban J connectivity index is 1.62. The van der Waals surface area contributed by atoms with Crippen LogP contribution in [0.1, 0.15) is 38.2 Å². The lowest BCUT2D eigenvalue weighted by Gasteiger charge is -2.13. The van der Waals surface area contributed by atoms with Gasteiger partial charge < -0.3 is 15.5 Å². The Morgan fingerprint density at radius 1 is 1.32 bits per heavy atom. The maximum atomic E-state index is 9.93. The van der Waals surface area contributed by atoms with Crippen molar-refractivity contribution in [1.29, 1.82) is 0 Å². The topological polar surface area (TPSA) is 111 Å². The van der Waals surface area contributed by atoms with Crippen LogP contribution in [0.3, 0.4) is 0 Å². The molecule has 3 aromatic heterocycles. The highest BCUT2D eigenvalue weighted by atomic mass is 16.3. The van der Waals surface area contributed by atoms with Gasteiger partial charge in [0.1, 0.15) is 5.82 Å². The van der Waals surface area contributed by atoms with Gasteiger partial charge in [-0.3, -0.25) is 9.98 Å². The summed E-state index contributed by atoms with van der Waals surface area (Å²) in [7, 11) is 0. The molecule has 0 radical (unpaired) electrons. The molecule has 2 aliphatic carbocycles. The van der Waals surface area contributed by atoms with Gasteiger partial charge in [0.25, 0.3) is 0 Å². The largest absolute Gasteiger partial charge is 0.494 e. The molecule has 2 saturated carbocycles. The molecule has 8 nitrogen and oxygen atoms in total. The number of nitrogens with one attached hydrogen (secondary N) is 2. The summed E-state index contributed by atoms with van der Waals surface area (Å²) in [4.78, 5) is 12.0. The molecular formula is C20H24N6O2. The van der Waals surface area contributed by atoms with Crippen LogP contribution in [0.4, 0.5) is 5.82 Å². The molecule has 5 rings (SSSR count). The monoisotopic (exact) mass is 380 g/mol. The molecule has 8 heteroatoms. The van der Waals surface area contributed by atoms with Crippen LogP contribution in [0.25, 0.3) is 11.7 Å². The molecule has 0 amide bonds. The second kappa shape index (κ2) is 6.54. The Morgan fingerprint density at radius 2 is 2.14 bits per heavy atom. The Bertz CT molecular complexity index is 1140. The maximum Gasteiger partial charge on any atom is 0.198 e. The van der Waals surface area contributed by atoms with Gasteiger partial charge in [0.05, 0.1) is 6.20 Å². The number of aromatic hydroxyl groups is 2. The van der Waals surface area contributed by atoms with Gasteiger partial charge in [-0.25, -0.2) is 4.98 Å². The fourth-order valence-electron chi connectivity index (χ4n) is 3.45. The lowest BCUT2D eigenvalue weighted by molar-refractivity contribution is 0.425. The molecule has 28 heavy (non-hydrogen) atoms. The first-order valence-corrected chi connectivity index (χ1v) is 9.85. The summed E-state index contributed by atoms with van der Waals surface area (Å²) >= 11 is 0. The summed E-state index contributed by atoms with van der Waals surface area (Å²) in [5, 5.41) is 28.2. The average Bonchev–Trinajstić information content (AvgIpc) is 3.57. The Labute approximate surface area is 161 Å². The summed E-state index contributed by atoms with van der Waals surface area (Å²) in [6.07, 6.45) is 8.47. The van der Waals surface area contributed by atoms with Gasteiger partial charge in [-0.2, -0.15) is 9.61 Å². The SMILES string of the molecule is CC(Nc1cc(=NCC2CC2)n2ncc(=Cc3cc(O)[nH]c3O)c2n1)C1CC1. The molecule has 3 heterocycles. The Morgan fingerprint density at radius 3 is 2.82 bits per heavy atom. The minimum atomic E-state index is -0.0906. The molecule has 0 spiro atoms. The molecule has 0 aromatic carbocycles. The van der Waals surface area contributed by atoms with Crippen molar-refractivity contribution in [3.8, 4) is 11.8 Å². The van der Waals surface area contributed by atoms with E-state index in [9.17, 15) is 10.2 Å². The number of hydrogen-bond donors (Lipinski definition) is 4. The molecule has 0 aliphatic heterocycles. The third-order valence-electron chi connectivity index (χ3n) is 5.52. The third kappa shape index (κ3) is 3.42. The quantitative estimate of drug-likeness (QED) is 0.518. The number of nitrogens with zero attached hydrogens (tertiary/aromatic N) is 4. The van der Waals surface area contributed by atoms with Crippen LogP contribution in [0.5, 0.6) is 11.8 Å². The number of anilines is 1. The fraction of sp³-hybridized carbons (Fsp3) is 0.450. The van der Waals surface area contributed by atoms with E-state index in [1.807, 2.05) is 6.07 Å². The number of H-pyrrole nitrogens is 1. The van der Waals surface area contributed by atoms with Gasteiger partial charge in [0.15, 0.2) is 22.9 Å². The van der Waals surface area contributed by atoms with Crippen LogP contribution in [0.15, 0.2) is 23.3 Å². The Kier molecular flexibility index (Phi) is 3.99. The van der Waals surface area contributed by atoms with Crippen molar-refractivity contribution in [3.63, 3.8) is 0 Å². The smallest absolute Gasteiger partial charge is 0.198 e. The zero-order chi connectivity index (χ0) is 19.3. The second-order valence-corrected chi connectivity index (χ2v) is 7.99. The van der Waals surface area contributed by atoms with Crippen LogP contribution in [0, 0.1) is 11.8 Å². The highest BCUT2D eigenvalue weighted by Crippen LogP contribution is 2.33. The van der Waals surface area contributed by atoms with E-state index in [2.05, 4.69) is 22.3 Å². The molecule has 1 unspecified atom stereocenters. The van der Waals surface area contributed by atoms with Crippen LogP contribution in [0.2, 0.25) is 0 Å². The van der Waals surface area contributed by atoms with Gasteiger partial charge >= 0.3 is 0 Å². The molecule has 146 valence electrons. The van der Waals surface area contributed by atoms with Gasteiger partial charge in [0.2, 0.25) is 0 Å². The molecule has 1 atom stereocenters. The van der Waals surface area contributed by atoms with Crippen molar-refractivity contribution < 1.29 is 10.2 Å². The van der Waals surface area contributed by atoms with Crippen LogP contribution in [-0.2, 0) is 0 Å². The normalized spacial score (nSPS) is 19.5.